The van der Waals surface area contributed by atoms with Crippen LogP contribution in [0.5, 0.6) is 0 Å². The number of aliphatic hydroxyl groups is 1. The van der Waals surface area contributed by atoms with Gasteiger partial charge in [0, 0.05) is 13.6 Å². The van der Waals surface area contributed by atoms with Crippen molar-refractivity contribution in [2.75, 3.05) is 24.2 Å². The standard InChI is InChI=1S/C7H14N4O/c1-5(12)4-11(2)6-3-9-10-7(6)8/h3,5,12H,4H2,1-2H3,(H3,8,9,10). The van der Waals surface area contributed by atoms with Crippen molar-refractivity contribution in [2.24, 2.45) is 0 Å². The number of likely N-dealkylation sites (N-methyl/N-ethyl adjacent to an activating group) is 1. The number of nitrogens with two attached hydrogens (primary N) is 1. The summed E-state index contributed by atoms with van der Waals surface area (Å²) in [6, 6.07) is 0. The fourth-order valence-corrected chi connectivity index (χ4v) is 1.09. The van der Waals surface area contributed by atoms with Crippen LogP contribution in [0.4, 0.5) is 11.5 Å². The normalized spacial score (nSPS) is 12.9. The lowest BCUT2D eigenvalue weighted by Crippen LogP contribution is -2.27. The van der Waals surface area contributed by atoms with E-state index in [2.05, 4.69) is 10.2 Å². The molecule has 0 aliphatic carbocycles. The molecule has 4 N–H and O–H groups in total. The molecule has 0 saturated carbocycles. The molecule has 0 spiro atoms. The Kier molecular flexibility index (Phi) is 2.54. The van der Waals surface area contributed by atoms with Gasteiger partial charge in [-0.15, -0.1) is 0 Å². The van der Waals surface area contributed by atoms with Gasteiger partial charge in [-0.05, 0) is 6.92 Å². The zero-order valence-corrected chi connectivity index (χ0v) is 7.28. The van der Waals surface area contributed by atoms with Crippen LogP contribution in [0.2, 0.25) is 0 Å². The van der Waals surface area contributed by atoms with Gasteiger partial charge in [0.1, 0.15) is 5.82 Å². The molecule has 1 aromatic heterocycles. The fraction of sp³-hybridized carbons (Fsp3) is 0.571. The molecule has 0 radical (unpaired) electrons. The van der Waals surface area contributed by atoms with Gasteiger partial charge in [0.25, 0.3) is 0 Å². The molecule has 0 aliphatic heterocycles. The van der Waals surface area contributed by atoms with E-state index in [-0.39, 0.29) is 6.10 Å². The van der Waals surface area contributed by atoms with Gasteiger partial charge in [-0.25, -0.2) is 0 Å². The highest BCUT2D eigenvalue weighted by Gasteiger charge is 2.08. The predicted octanol–water partition coefficient (Wildman–Crippen LogP) is -0.191. The fourth-order valence-electron chi connectivity index (χ4n) is 1.09. The minimum atomic E-state index is -0.371. The summed E-state index contributed by atoms with van der Waals surface area (Å²) in [5.41, 5.74) is 6.39. The molecule has 12 heavy (non-hydrogen) atoms. The maximum absolute atomic E-state index is 9.10. The smallest absolute Gasteiger partial charge is 0.142 e. The quantitative estimate of drug-likeness (QED) is 0.587. The second-order valence-corrected chi connectivity index (χ2v) is 2.90. The number of nitrogens with zero attached hydrogens (tertiary/aromatic N) is 2. The average Bonchev–Trinajstić information content (AvgIpc) is 2.33. The van der Waals surface area contributed by atoms with E-state index >= 15 is 0 Å². The zero-order chi connectivity index (χ0) is 9.14. The molecular weight excluding hydrogens is 156 g/mol. The Morgan fingerprint density at radius 2 is 2.50 bits per heavy atom. The molecule has 1 aromatic rings. The summed E-state index contributed by atoms with van der Waals surface area (Å²) in [7, 11) is 1.86. The Bertz CT molecular complexity index is 245. The van der Waals surface area contributed by atoms with Crippen molar-refractivity contribution >= 4 is 11.5 Å². The molecule has 1 unspecified atom stereocenters. The van der Waals surface area contributed by atoms with Crippen LogP contribution in [0.3, 0.4) is 0 Å². The van der Waals surface area contributed by atoms with E-state index in [1.807, 2.05) is 11.9 Å². The molecule has 0 aromatic carbocycles. The Labute approximate surface area is 71.2 Å². The molecular formula is C7H14N4O. The summed E-state index contributed by atoms with van der Waals surface area (Å²) in [5, 5.41) is 15.5. The minimum absolute atomic E-state index is 0.371. The van der Waals surface area contributed by atoms with Crippen LogP contribution in [0.25, 0.3) is 0 Å². The highest BCUT2D eigenvalue weighted by Crippen LogP contribution is 2.17. The van der Waals surface area contributed by atoms with Crippen LogP contribution in [-0.2, 0) is 0 Å². The third-order valence-electron chi connectivity index (χ3n) is 1.60. The second-order valence-electron chi connectivity index (χ2n) is 2.90. The van der Waals surface area contributed by atoms with Crippen molar-refractivity contribution < 1.29 is 5.11 Å². The third-order valence-corrected chi connectivity index (χ3v) is 1.60. The van der Waals surface area contributed by atoms with Gasteiger partial charge in [0.2, 0.25) is 0 Å². The first kappa shape index (κ1) is 8.86. The lowest BCUT2D eigenvalue weighted by Gasteiger charge is -2.19. The van der Waals surface area contributed by atoms with Crippen molar-refractivity contribution in [3.63, 3.8) is 0 Å². The van der Waals surface area contributed by atoms with E-state index in [1.54, 1.807) is 13.1 Å². The molecule has 0 bridgehead atoms. The van der Waals surface area contributed by atoms with E-state index < -0.39 is 0 Å². The van der Waals surface area contributed by atoms with E-state index in [0.717, 1.165) is 5.69 Å². The molecule has 0 aliphatic rings. The van der Waals surface area contributed by atoms with Crippen molar-refractivity contribution in [3.05, 3.63) is 6.20 Å². The lowest BCUT2D eigenvalue weighted by atomic mass is 10.3. The van der Waals surface area contributed by atoms with Gasteiger partial charge in [0.15, 0.2) is 0 Å². The number of H-pyrrole nitrogens is 1. The first-order valence-electron chi connectivity index (χ1n) is 3.79. The number of aliphatic hydroxyl groups excluding tert-OH is 1. The zero-order valence-electron chi connectivity index (χ0n) is 7.28. The summed E-state index contributed by atoms with van der Waals surface area (Å²) in [4.78, 5) is 1.85. The Hall–Kier alpha value is -1.23. The van der Waals surface area contributed by atoms with Gasteiger partial charge >= 0.3 is 0 Å². The Morgan fingerprint density at radius 1 is 1.83 bits per heavy atom. The van der Waals surface area contributed by atoms with Gasteiger partial charge in [-0.3, -0.25) is 5.10 Å². The number of anilines is 2. The summed E-state index contributed by atoms with van der Waals surface area (Å²) in [6.45, 7) is 2.27. The summed E-state index contributed by atoms with van der Waals surface area (Å²) in [5.74, 6) is 0.526. The monoisotopic (exact) mass is 170 g/mol. The molecule has 5 heteroatoms. The number of hydrogen-bond donors (Lipinski definition) is 3. The topological polar surface area (TPSA) is 78.2 Å². The molecule has 0 amide bonds. The number of rotatable bonds is 3. The molecule has 5 nitrogen and oxygen atoms in total. The number of hydrogen-bond acceptors (Lipinski definition) is 4. The highest BCUT2D eigenvalue weighted by atomic mass is 16.3. The van der Waals surface area contributed by atoms with Crippen molar-refractivity contribution in [3.8, 4) is 0 Å². The molecule has 1 heterocycles. The largest absolute Gasteiger partial charge is 0.392 e. The van der Waals surface area contributed by atoms with Crippen LogP contribution < -0.4 is 10.6 Å². The van der Waals surface area contributed by atoms with Crippen LogP contribution in [0.15, 0.2) is 6.20 Å². The van der Waals surface area contributed by atoms with Crippen molar-refractivity contribution in [2.45, 2.75) is 13.0 Å². The molecule has 0 saturated heterocycles. The van der Waals surface area contributed by atoms with E-state index in [0.29, 0.717) is 12.4 Å². The van der Waals surface area contributed by atoms with Crippen LogP contribution >= 0.6 is 0 Å². The highest BCUT2D eigenvalue weighted by molar-refractivity contribution is 5.61. The maximum Gasteiger partial charge on any atom is 0.142 e. The van der Waals surface area contributed by atoms with E-state index in [9.17, 15) is 0 Å². The Morgan fingerprint density at radius 3 is 2.92 bits per heavy atom. The van der Waals surface area contributed by atoms with Crippen LogP contribution in [-0.4, -0.2) is 35.0 Å². The van der Waals surface area contributed by atoms with Gasteiger partial charge in [-0.2, -0.15) is 5.10 Å². The van der Waals surface area contributed by atoms with Crippen molar-refractivity contribution in [1.29, 1.82) is 0 Å². The van der Waals surface area contributed by atoms with Gasteiger partial charge in [-0.1, -0.05) is 0 Å². The SMILES string of the molecule is CC(O)CN(C)c1cn[nH]c1N. The predicted molar refractivity (Wildman–Crippen MR) is 48.0 cm³/mol. The molecule has 1 rings (SSSR count). The molecule has 0 fully saturated rings. The average molecular weight is 170 g/mol. The molecule has 68 valence electrons. The van der Waals surface area contributed by atoms with Crippen LogP contribution in [0.1, 0.15) is 6.92 Å². The summed E-state index contributed by atoms with van der Waals surface area (Å²) in [6.07, 6.45) is 1.27. The first-order chi connectivity index (χ1) is 5.61. The van der Waals surface area contributed by atoms with Crippen LogP contribution in [0, 0.1) is 0 Å². The number of nitrogen functional groups attached to an aromatic ring is 1. The third kappa shape index (κ3) is 1.88. The van der Waals surface area contributed by atoms with E-state index in [4.69, 9.17) is 10.8 Å². The van der Waals surface area contributed by atoms with Crippen molar-refractivity contribution in [1.82, 2.24) is 10.2 Å². The van der Waals surface area contributed by atoms with Gasteiger partial charge < -0.3 is 15.7 Å². The minimum Gasteiger partial charge on any atom is -0.392 e. The molecule has 1 atom stereocenters. The number of nitrogens with one attached hydrogen (secondary N) is 1. The summed E-state index contributed by atoms with van der Waals surface area (Å²) < 4.78 is 0. The lowest BCUT2D eigenvalue weighted by molar-refractivity contribution is 0.201. The maximum atomic E-state index is 9.10. The number of aromatic nitrogens is 2. The number of aromatic amines is 1. The second kappa shape index (κ2) is 3.44. The first-order valence-corrected chi connectivity index (χ1v) is 3.79. The summed E-state index contributed by atoms with van der Waals surface area (Å²) >= 11 is 0. The Balaban J connectivity index is 2.65. The van der Waals surface area contributed by atoms with Gasteiger partial charge in [0.05, 0.1) is 18.0 Å². The van der Waals surface area contributed by atoms with E-state index in [1.165, 1.54) is 0 Å².